The van der Waals surface area contributed by atoms with Gasteiger partial charge in [0.25, 0.3) is 0 Å². The molecule has 0 aromatic heterocycles. The quantitative estimate of drug-likeness (QED) is 0.462. The average molecular weight is 147 g/mol. The van der Waals surface area contributed by atoms with E-state index in [0.29, 0.717) is 5.25 Å². The van der Waals surface area contributed by atoms with Crippen molar-refractivity contribution < 1.29 is 4.74 Å². The molecule has 1 atom stereocenters. The third-order valence-corrected chi connectivity index (χ3v) is 1.58. The summed E-state index contributed by atoms with van der Waals surface area (Å²) in [6.07, 6.45) is 1.92. The Morgan fingerprint density at radius 3 is 2.78 bits per heavy atom. The van der Waals surface area contributed by atoms with Gasteiger partial charge in [-0.2, -0.15) is 12.6 Å². The maximum absolute atomic E-state index is 5.20. The summed E-state index contributed by atoms with van der Waals surface area (Å²) in [5.41, 5.74) is 0. The highest BCUT2D eigenvalue weighted by atomic mass is 32.1. The van der Waals surface area contributed by atoms with Crippen molar-refractivity contribution in [3.63, 3.8) is 0 Å². The topological polar surface area (TPSA) is 9.23 Å². The molecule has 0 saturated carbocycles. The van der Waals surface area contributed by atoms with Crippen LogP contribution < -0.4 is 0 Å². The van der Waals surface area contributed by atoms with Crippen molar-refractivity contribution in [3.8, 4) is 0 Å². The highest BCUT2D eigenvalue weighted by Crippen LogP contribution is 2.00. The molecule has 1 radical (unpaired) electrons. The van der Waals surface area contributed by atoms with Crippen LogP contribution in [0.25, 0.3) is 0 Å². The normalized spacial score (nSPS) is 13.7. The lowest BCUT2D eigenvalue weighted by Gasteiger charge is -2.06. The van der Waals surface area contributed by atoms with Crippen LogP contribution in [0, 0.1) is 6.92 Å². The van der Waals surface area contributed by atoms with Gasteiger partial charge < -0.3 is 4.74 Å². The van der Waals surface area contributed by atoms with E-state index >= 15 is 0 Å². The van der Waals surface area contributed by atoms with Crippen molar-refractivity contribution in [3.05, 3.63) is 6.92 Å². The molecule has 0 spiro atoms. The lowest BCUT2D eigenvalue weighted by molar-refractivity contribution is 0.139. The van der Waals surface area contributed by atoms with Crippen molar-refractivity contribution in [2.24, 2.45) is 0 Å². The fourth-order valence-corrected chi connectivity index (χ4v) is 0.545. The van der Waals surface area contributed by atoms with E-state index in [9.17, 15) is 0 Å². The monoisotopic (exact) mass is 147 g/mol. The molecule has 0 amide bonds. The molecule has 0 aliphatic rings. The predicted octanol–water partition coefficient (Wildman–Crippen LogP) is 1.94. The molecule has 0 aromatic rings. The molecule has 1 nitrogen and oxygen atoms in total. The summed E-state index contributed by atoms with van der Waals surface area (Å²) in [6, 6.07) is 0. The van der Waals surface area contributed by atoms with Gasteiger partial charge in [-0.15, -0.1) is 0 Å². The molecular formula is C7H15OS. The third-order valence-electron chi connectivity index (χ3n) is 1.07. The summed E-state index contributed by atoms with van der Waals surface area (Å²) in [5.74, 6) is 0. The van der Waals surface area contributed by atoms with Gasteiger partial charge in [0.15, 0.2) is 0 Å². The van der Waals surface area contributed by atoms with Crippen molar-refractivity contribution in [2.75, 3.05) is 13.2 Å². The lowest BCUT2D eigenvalue weighted by atomic mass is 10.3. The summed E-state index contributed by atoms with van der Waals surface area (Å²) >= 11 is 4.26. The van der Waals surface area contributed by atoms with Crippen LogP contribution in [-0.4, -0.2) is 18.5 Å². The maximum atomic E-state index is 5.20. The summed E-state index contributed by atoms with van der Waals surface area (Å²) in [7, 11) is 0. The summed E-state index contributed by atoms with van der Waals surface area (Å²) in [5, 5.41) is 0.400. The minimum absolute atomic E-state index is 0.400. The highest BCUT2D eigenvalue weighted by molar-refractivity contribution is 7.81. The zero-order valence-corrected chi connectivity index (χ0v) is 6.86. The molecule has 0 bridgehead atoms. The Morgan fingerprint density at radius 1 is 1.67 bits per heavy atom. The zero-order valence-electron chi connectivity index (χ0n) is 5.97. The first-order valence-corrected chi connectivity index (χ1v) is 3.88. The van der Waals surface area contributed by atoms with E-state index in [4.69, 9.17) is 4.74 Å². The van der Waals surface area contributed by atoms with Gasteiger partial charge in [-0.3, -0.25) is 0 Å². The van der Waals surface area contributed by atoms with Crippen molar-refractivity contribution in [2.45, 2.75) is 25.0 Å². The van der Waals surface area contributed by atoms with E-state index in [-0.39, 0.29) is 0 Å². The van der Waals surface area contributed by atoms with Crippen LogP contribution in [0.2, 0.25) is 0 Å². The van der Waals surface area contributed by atoms with E-state index in [0.717, 1.165) is 26.1 Å². The predicted molar refractivity (Wildman–Crippen MR) is 43.9 cm³/mol. The molecule has 0 aromatic carbocycles. The van der Waals surface area contributed by atoms with E-state index in [1.54, 1.807) is 0 Å². The molecule has 2 heteroatoms. The standard InChI is InChI=1S/C7H15OS/c1-3-5-8-6-7(9)4-2/h7,9H,1,3-6H2,2H3. The molecule has 1 unspecified atom stereocenters. The van der Waals surface area contributed by atoms with E-state index in [1.165, 1.54) is 0 Å². The van der Waals surface area contributed by atoms with Crippen LogP contribution in [0.3, 0.4) is 0 Å². The second kappa shape index (κ2) is 6.43. The van der Waals surface area contributed by atoms with Gasteiger partial charge in [-0.25, -0.2) is 0 Å². The Kier molecular flexibility index (Phi) is 6.65. The molecule has 0 fully saturated rings. The van der Waals surface area contributed by atoms with Crippen LogP contribution in [0.1, 0.15) is 19.8 Å². The maximum Gasteiger partial charge on any atom is 0.0582 e. The first-order chi connectivity index (χ1) is 4.31. The molecule has 0 N–H and O–H groups in total. The number of hydrogen-bond acceptors (Lipinski definition) is 2. The number of thiol groups is 1. The molecule has 55 valence electrons. The van der Waals surface area contributed by atoms with E-state index in [2.05, 4.69) is 26.5 Å². The minimum Gasteiger partial charge on any atom is -0.380 e. The molecule has 9 heavy (non-hydrogen) atoms. The first-order valence-electron chi connectivity index (χ1n) is 3.36. The lowest BCUT2D eigenvalue weighted by Crippen LogP contribution is -2.07. The molecule has 0 rings (SSSR count). The smallest absolute Gasteiger partial charge is 0.0582 e. The van der Waals surface area contributed by atoms with Gasteiger partial charge in [0.2, 0.25) is 0 Å². The van der Waals surface area contributed by atoms with Crippen molar-refractivity contribution in [1.29, 1.82) is 0 Å². The zero-order chi connectivity index (χ0) is 7.11. The Hall–Kier alpha value is 0.310. The average Bonchev–Trinajstić information content (AvgIpc) is 1.89. The summed E-state index contributed by atoms with van der Waals surface area (Å²) in [4.78, 5) is 0. The van der Waals surface area contributed by atoms with Crippen molar-refractivity contribution in [1.82, 2.24) is 0 Å². The van der Waals surface area contributed by atoms with Gasteiger partial charge in [0.05, 0.1) is 6.61 Å². The van der Waals surface area contributed by atoms with E-state index in [1.807, 2.05) is 0 Å². The second-order valence-electron chi connectivity index (χ2n) is 1.99. The molecule has 0 saturated heterocycles. The van der Waals surface area contributed by atoms with Crippen molar-refractivity contribution >= 4 is 12.6 Å². The molecular weight excluding hydrogens is 132 g/mol. The van der Waals surface area contributed by atoms with Gasteiger partial charge in [-0.1, -0.05) is 13.8 Å². The number of rotatable bonds is 5. The minimum atomic E-state index is 0.400. The Morgan fingerprint density at radius 2 is 2.33 bits per heavy atom. The fourth-order valence-electron chi connectivity index (χ4n) is 0.439. The Bertz CT molecular complexity index is 56.9. The SMILES string of the molecule is [CH2]CCOCC(S)CC. The summed E-state index contributed by atoms with van der Waals surface area (Å²) in [6.45, 7) is 7.28. The van der Waals surface area contributed by atoms with Gasteiger partial charge in [-0.05, 0) is 12.8 Å². The van der Waals surface area contributed by atoms with Crippen LogP contribution in [-0.2, 0) is 4.74 Å². The molecule has 0 aliphatic carbocycles. The highest BCUT2D eigenvalue weighted by Gasteiger charge is 1.96. The number of ether oxygens (including phenoxy) is 1. The van der Waals surface area contributed by atoms with Gasteiger partial charge in [0.1, 0.15) is 0 Å². The number of hydrogen-bond donors (Lipinski definition) is 1. The Labute approximate surface area is 63.2 Å². The third kappa shape index (κ3) is 6.19. The largest absolute Gasteiger partial charge is 0.380 e. The van der Waals surface area contributed by atoms with Crippen LogP contribution in [0.15, 0.2) is 0 Å². The Balaban J connectivity index is 2.88. The van der Waals surface area contributed by atoms with Gasteiger partial charge in [0, 0.05) is 11.9 Å². The van der Waals surface area contributed by atoms with Gasteiger partial charge >= 0.3 is 0 Å². The first kappa shape index (κ1) is 9.31. The second-order valence-corrected chi connectivity index (χ2v) is 2.72. The molecule has 0 aliphatic heterocycles. The molecule has 0 heterocycles. The van der Waals surface area contributed by atoms with E-state index < -0.39 is 0 Å². The fraction of sp³-hybridized carbons (Fsp3) is 0.857. The van der Waals surface area contributed by atoms with Crippen LogP contribution in [0.4, 0.5) is 0 Å². The van der Waals surface area contributed by atoms with Crippen LogP contribution >= 0.6 is 12.6 Å². The summed E-state index contributed by atoms with van der Waals surface area (Å²) < 4.78 is 5.20. The van der Waals surface area contributed by atoms with Crippen LogP contribution in [0.5, 0.6) is 0 Å².